The molecular weight excluding hydrogens is 459 g/mol. The summed E-state index contributed by atoms with van der Waals surface area (Å²) in [4.78, 5) is 15.9. The van der Waals surface area contributed by atoms with Gasteiger partial charge in [-0.15, -0.1) is 24.0 Å². The molecule has 1 fully saturated rings. The highest BCUT2D eigenvalue weighted by molar-refractivity contribution is 14.0. The third kappa shape index (κ3) is 11.6. The molecule has 0 saturated heterocycles. The second kappa shape index (κ2) is 13.4. The smallest absolute Gasteiger partial charge is 0.407 e. The lowest BCUT2D eigenvalue weighted by Gasteiger charge is -2.30. The molecule has 0 aromatic rings. The van der Waals surface area contributed by atoms with E-state index in [1.165, 1.54) is 25.7 Å². The molecule has 0 unspecified atom stereocenters. The van der Waals surface area contributed by atoms with Crippen LogP contribution in [0.1, 0.15) is 59.8 Å². The molecule has 0 atom stereocenters. The number of carbonyl (C=O) groups is 1. The Kier molecular flexibility index (Phi) is 13.0. The van der Waals surface area contributed by atoms with E-state index in [0.717, 1.165) is 32.1 Å². The largest absolute Gasteiger partial charge is 0.444 e. The maximum atomic E-state index is 11.6. The minimum absolute atomic E-state index is 0. The summed E-state index contributed by atoms with van der Waals surface area (Å²) in [5.41, 5.74) is -0.173. The lowest BCUT2D eigenvalue weighted by molar-refractivity contribution is 0.0529. The highest BCUT2D eigenvalue weighted by Gasteiger charge is 2.33. The van der Waals surface area contributed by atoms with E-state index >= 15 is 0 Å². The number of ether oxygens (including phenoxy) is 2. The molecule has 7 nitrogen and oxygen atoms in total. The molecule has 0 radical (unpaired) electrons. The van der Waals surface area contributed by atoms with Gasteiger partial charge in [-0.3, -0.25) is 4.99 Å². The van der Waals surface area contributed by atoms with Gasteiger partial charge in [0.15, 0.2) is 5.96 Å². The summed E-state index contributed by atoms with van der Waals surface area (Å²) < 4.78 is 10.8. The van der Waals surface area contributed by atoms with Crippen molar-refractivity contribution in [1.82, 2.24) is 16.0 Å². The molecular formula is C19H39IN4O3. The zero-order chi connectivity index (χ0) is 19.5. The second-order valence-electron chi connectivity index (χ2n) is 7.94. The average Bonchev–Trinajstić information content (AvgIpc) is 3.02. The molecule has 1 aliphatic rings. The van der Waals surface area contributed by atoms with Crippen molar-refractivity contribution in [3.63, 3.8) is 0 Å². The van der Waals surface area contributed by atoms with Crippen LogP contribution < -0.4 is 16.0 Å². The van der Waals surface area contributed by atoms with Gasteiger partial charge in [0.1, 0.15) is 5.60 Å². The lowest BCUT2D eigenvalue weighted by atomic mass is 9.83. The zero-order valence-corrected chi connectivity index (χ0v) is 20.0. The van der Waals surface area contributed by atoms with Crippen LogP contribution in [-0.2, 0) is 9.47 Å². The van der Waals surface area contributed by atoms with Crippen LogP contribution in [0.5, 0.6) is 0 Å². The van der Waals surface area contributed by atoms with Crippen LogP contribution >= 0.6 is 24.0 Å². The molecule has 0 heterocycles. The zero-order valence-electron chi connectivity index (χ0n) is 17.7. The Morgan fingerprint density at radius 3 is 2.30 bits per heavy atom. The van der Waals surface area contributed by atoms with Gasteiger partial charge < -0.3 is 25.4 Å². The van der Waals surface area contributed by atoms with E-state index in [0.29, 0.717) is 18.5 Å². The first kappa shape index (κ1) is 26.2. The second-order valence-corrected chi connectivity index (χ2v) is 7.94. The van der Waals surface area contributed by atoms with E-state index < -0.39 is 11.7 Å². The molecule has 1 saturated carbocycles. The van der Waals surface area contributed by atoms with Gasteiger partial charge in [0, 0.05) is 39.9 Å². The summed E-state index contributed by atoms with van der Waals surface area (Å²) in [6, 6.07) is 0. The molecule has 0 aromatic heterocycles. The Bertz CT molecular complexity index is 447. The fourth-order valence-corrected chi connectivity index (χ4v) is 3.22. The van der Waals surface area contributed by atoms with Crippen LogP contribution in [0.4, 0.5) is 4.79 Å². The van der Waals surface area contributed by atoms with Crippen LogP contribution in [0, 0.1) is 5.41 Å². The third-order valence-corrected chi connectivity index (χ3v) is 4.59. The van der Waals surface area contributed by atoms with Crippen LogP contribution in [-0.4, -0.2) is 57.5 Å². The molecule has 1 rings (SSSR count). The van der Waals surface area contributed by atoms with Crippen molar-refractivity contribution in [1.29, 1.82) is 0 Å². The van der Waals surface area contributed by atoms with E-state index in [4.69, 9.17) is 9.47 Å². The minimum atomic E-state index is -0.480. The van der Waals surface area contributed by atoms with Gasteiger partial charge in [-0.2, -0.15) is 0 Å². The Morgan fingerprint density at radius 1 is 1.11 bits per heavy atom. The number of hydrogen-bond donors (Lipinski definition) is 3. The Morgan fingerprint density at radius 2 is 1.74 bits per heavy atom. The van der Waals surface area contributed by atoms with Gasteiger partial charge in [0.05, 0.1) is 0 Å². The fourth-order valence-electron chi connectivity index (χ4n) is 3.22. The van der Waals surface area contributed by atoms with Crippen molar-refractivity contribution in [2.24, 2.45) is 10.4 Å². The van der Waals surface area contributed by atoms with Crippen molar-refractivity contribution < 1.29 is 14.3 Å². The number of amides is 1. The quantitative estimate of drug-likeness (QED) is 0.197. The van der Waals surface area contributed by atoms with E-state index in [1.54, 1.807) is 7.05 Å². The molecule has 0 bridgehead atoms. The van der Waals surface area contributed by atoms with Crippen LogP contribution in [0.15, 0.2) is 4.99 Å². The van der Waals surface area contributed by atoms with Gasteiger partial charge in [0.25, 0.3) is 0 Å². The number of halogens is 1. The molecule has 0 spiro atoms. The third-order valence-electron chi connectivity index (χ3n) is 4.59. The normalized spacial score (nSPS) is 16.4. The Balaban J connectivity index is 0.00000676. The van der Waals surface area contributed by atoms with Crippen molar-refractivity contribution in [3.8, 4) is 0 Å². The average molecular weight is 498 g/mol. The molecule has 8 heteroatoms. The number of aliphatic imine (C=N–C) groups is 1. The molecule has 160 valence electrons. The van der Waals surface area contributed by atoms with Gasteiger partial charge in [-0.25, -0.2) is 4.79 Å². The molecule has 27 heavy (non-hydrogen) atoms. The predicted octanol–water partition coefficient (Wildman–Crippen LogP) is 3.28. The van der Waals surface area contributed by atoms with Crippen molar-refractivity contribution in [2.75, 3.05) is 39.9 Å². The number of carbonyl (C=O) groups excluding carboxylic acids is 1. The maximum Gasteiger partial charge on any atom is 0.407 e. The maximum absolute atomic E-state index is 11.6. The van der Waals surface area contributed by atoms with Crippen LogP contribution in [0.3, 0.4) is 0 Å². The molecule has 3 N–H and O–H groups in total. The first-order valence-electron chi connectivity index (χ1n) is 9.79. The van der Waals surface area contributed by atoms with Crippen LogP contribution in [0.2, 0.25) is 0 Å². The Labute approximate surface area is 181 Å². The number of alkyl carbamates (subject to hydrolysis) is 1. The highest BCUT2D eigenvalue weighted by Crippen LogP contribution is 2.40. The SMILES string of the molecule is CCOCCC1(CNC(=NC)NCCNC(=O)OC(C)(C)C)CCCC1.I. The summed E-state index contributed by atoms with van der Waals surface area (Å²) in [6.07, 6.45) is 5.75. The highest BCUT2D eigenvalue weighted by atomic mass is 127. The summed E-state index contributed by atoms with van der Waals surface area (Å²) in [5, 5.41) is 9.41. The van der Waals surface area contributed by atoms with E-state index in [2.05, 4.69) is 20.9 Å². The monoisotopic (exact) mass is 498 g/mol. The number of rotatable bonds is 9. The first-order valence-corrected chi connectivity index (χ1v) is 9.79. The molecule has 0 aromatic carbocycles. The number of hydrogen-bond acceptors (Lipinski definition) is 4. The number of guanidine groups is 1. The number of nitrogens with zero attached hydrogens (tertiary/aromatic N) is 1. The van der Waals surface area contributed by atoms with Crippen molar-refractivity contribution in [2.45, 2.75) is 65.4 Å². The molecule has 0 aliphatic heterocycles. The van der Waals surface area contributed by atoms with Crippen LogP contribution in [0.25, 0.3) is 0 Å². The minimum Gasteiger partial charge on any atom is -0.444 e. The topological polar surface area (TPSA) is 84.0 Å². The molecule has 1 amide bonds. The summed E-state index contributed by atoms with van der Waals surface area (Å²) >= 11 is 0. The van der Waals surface area contributed by atoms with Crippen molar-refractivity contribution >= 4 is 36.0 Å². The van der Waals surface area contributed by atoms with E-state index in [1.807, 2.05) is 27.7 Å². The standard InChI is InChI=1S/C19H38N4O3.HI/c1-6-25-14-11-19(9-7-8-10-19)15-23-16(20-5)21-12-13-22-17(24)26-18(2,3)4;/h6-15H2,1-5H3,(H,22,24)(H2,20,21,23);1H. The first-order chi connectivity index (χ1) is 12.3. The van der Waals surface area contributed by atoms with E-state index in [-0.39, 0.29) is 24.0 Å². The van der Waals surface area contributed by atoms with Gasteiger partial charge in [0.2, 0.25) is 0 Å². The number of nitrogens with one attached hydrogen (secondary N) is 3. The van der Waals surface area contributed by atoms with Gasteiger partial charge in [-0.05, 0) is 52.4 Å². The van der Waals surface area contributed by atoms with E-state index in [9.17, 15) is 4.79 Å². The fraction of sp³-hybridized carbons (Fsp3) is 0.895. The van der Waals surface area contributed by atoms with Crippen molar-refractivity contribution in [3.05, 3.63) is 0 Å². The summed E-state index contributed by atoms with van der Waals surface area (Å²) in [5.74, 6) is 0.763. The summed E-state index contributed by atoms with van der Waals surface area (Å²) in [6.45, 7) is 11.1. The lowest BCUT2D eigenvalue weighted by Crippen LogP contribution is -2.45. The van der Waals surface area contributed by atoms with Gasteiger partial charge >= 0.3 is 6.09 Å². The Hall–Kier alpha value is -0.770. The summed E-state index contributed by atoms with van der Waals surface area (Å²) in [7, 11) is 1.76. The van der Waals surface area contributed by atoms with Gasteiger partial charge in [-0.1, -0.05) is 12.8 Å². The predicted molar refractivity (Wildman–Crippen MR) is 121 cm³/mol. The molecule has 1 aliphatic carbocycles.